The van der Waals surface area contributed by atoms with Gasteiger partial charge < -0.3 is 0 Å². The van der Waals surface area contributed by atoms with Crippen molar-refractivity contribution in [1.82, 2.24) is 0 Å². The van der Waals surface area contributed by atoms with Crippen LogP contribution in [0.1, 0.15) is 16.7 Å². The predicted molar refractivity (Wildman–Crippen MR) is 86.4 cm³/mol. The highest BCUT2D eigenvalue weighted by atomic mass is 32.2. The van der Waals surface area contributed by atoms with Crippen molar-refractivity contribution in [1.29, 1.82) is 0 Å². The molecule has 0 N–H and O–H groups in total. The molecule has 0 bridgehead atoms. The van der Waals surface area contributed by atoms with E-state index in [0.717, 1.165) is 22.9 Å². The minimum Gasteiger partial charge on any atom is -0.224 e. The first-order valence-corrected chi connectivity index (χ1v) is 10.2. The van der Waals surface area contributed by atoms with Crippen molar-refractivity contribution in [3.8, 4) is 0 Å². The number of benzene rings is 2. The predicted octanol–water partition coefficient (Wildman–Crippen LogP) is 2.68. The van der Waals surface area contributed by atoms with Crippen molar-refractivity contribution < 1.29 is 16.8 Å². The highest BCUT2D eigenvalue weighted by Crippen LogP contribution is 2.20. The summed E-state index contributed by atoms with van der Waals surface area (Å²) in [6.45, 7) is 3.84. The van der Waals surface area contributed by atoms with E-state index in [1.807, 2.05) is 32.0 Å². The number of hydrogen-bond acceptors (Lipinski definition) is 4. The summed E-state index contributed by atoms with van der Waals surface area (Å²) in [5.41, 5.74) is 2.75. The van der Waals surface area contributed by atoms with E-state index in [-0.39, 0.29) is 15.5 Å². The maximum absolute atomic E-state index is 12.4. The van der Waals surface area contributed by atoms with E-state index >= 15 is 0 Å². The quantitative estimate of drug-likeness (QED) is 0.859. The molecule has 0 aliphatic heterocycles. The molecule has 0 saturated carbocycles. The minimum atomic E-state index is -3.50. The maximum Gasteiger partial charge on any atom is 0.182 e. The van der Waals surface area contributed by atoms with Gasteiger partial charge in [0.15, 0.2) is 19.7 Å². The molecule has 0 unspecified atom stereocenters. The van der Waals surface area contributed by atoms with Crippen molar-refractivity contribution in [2.24, 2.45) is 0 Å². The lowest BCUT2D eigenvalue weighted by molar-refractivity contribution is 0.593. The molecule has 0 aliphatic carbocycles. The first kappa shape index (κ1) is 16.7. The highest BCUT2D eigenvalue weighted by molar-refractivity contribution is 7.91. The molecule has 0 aromatic heterocycles. The fraction of sp³-hybridized carbons (Fsp3) is 0.250. The van der Waals surface area contributed by atoms with Gasteiger partial charge in [-0.1, -0.05) is 29.3 Å². The highest BCUT2D eigenvalue weighted by Gasteiger charge is 2.17. The molecule has 0 radical (unpaired) electrons. The van der Waals surface area contributed by atoms with Crippen LogP contribution in [0, 0.1) is 13.8 Å². The molecule has 2 rings (SSSR count). The largest absolute Gasteiger partial charge is 0.224 e. The van der Waals surface area contributed by atoms with E-state index in [2.05, 4.69) is 0 Å². The zero-order valence-corrected chi connectivity index (χ0v) is 14.3. The monoisotopic (exact) mass is 338 g/mol. The number of hydrogen-bond donors (Lipinski definition) is 0. The van der Waals surface area contributed by atoms with Crippen molar-refractivity contribution in [2.45, 2.75) is 29.4 Å². The van der Waals surface area contributed by atoms with E-state index in [1.54, 1.807) is 0 Å². The SMILES string of the molecule is Cc1cc(C)cc(CS(=O)(=O)c2ccc(S(C)(=O)=O)cc2)c1. The van der Waals surface area contributed by atoms with Crippen LogP contribution in [-0.2, 0) is 25.4 Å². The smallest absolute Gasteiger partial charge is 0.182 e. The third-order valence-electron chi connectivity index (χ3n) is 3.25. The van der Waals surface area contributed by atoms with Crippen LogP contribution in [0.5, 0.6) is 0 Å². The topological polar surface area (TPSA) is 68.3 Å². The van der Waals surface area contributed by atoms with Gasteiger partial charge in [0, 0.05) is 6.26 Å². The molecule has 0 spiro atoms. The molecule has 0 aliphatic rings. The fourth-order valence-corrected chi connectivity index (χ4v) is 4.30. The Kier molecular flexibility index (Phi) is 4.44. The van der Waals surface area contributed by atoms with Crippen LogP contribution in [0.4, 0.5) is 0 Å². The summed E-state index contributed by atoms with van der Waals surface area (Å²) in [5, 5.41) is 0. The third-order valence-corrected chi connectivity index (χ3v) is 6.08. The molecule has 2 aromatic carbocycles. The molecule has 0 amide bonds. The molecular formula is C16H18O4S2. The summed E-state index contributed by atoms with van der Waals surface area (Å²) >= 11 is 0. The Bertz CT molecular complexity index is 873. The van der Waals surface area contributed by atoms with E-state index in [4.69, 9.17) is 0 Å². The third kappa shape index (κ3) is 3.96. The summed E-state index contributed by atoms with van der Waals surface area (Å²) in [6.07, 6.45) is 1.09. The second-order valence-corrected chi connectivity index (χ2v) is 9.50. The molecular weight excluding hydrogens is 320 g/mol. The van der Waals surface area contributed by atoms with Gasteiger partial charge >= 0.3 is 0 Å². The van der Waals surface area contributed by atoms with Crippen molar-refractivity contribution in [3.63, 3.8) is 0 Å². The molecule has 0 atom stereocenters. The van der Waals surface area contributed by atoms with Gasteiger partial charge in [0.05, 0.1) is 15.5 Å². The molecule has 4 nitrogen and oxygen atoms in total. The van der Waals surface area contributed by atoms with Crippen molar-refractivity contribution >= 4 is 19.7 Å². The zero-order valence-electron chi connectivity index (χ0n) is 12.7. The Hall–Kier alpha value is -1.66. The minimum absolute atomic E-state index is 0.103. The van der Waals surface area contributed by atoms with E-state index in [1.165, 1.54) is 24.3 Å². The van der Waals surface area contributed by atoms with E-state index in [9.17, 15) is 16.8 Å². The van der Waals surface area contributed by atoms with Crippen molar-refractivity contribution in [2.75, 3.05) is 6.26 Å². The molecule has 6 heteroatoms. The van der Waals surface area contributed by atoms with Gasteiger partial charge in [-0.05, 0) is 43.7 Å². The van der Waals surface area contributed by atoms with Gasteiger partial charge in [0.25, 0.3) is 0 Å². The zero-order chi connectivity index (χ0) is 16.5. The lowest BCUT2D eigenvalue weighted by atomic mass is 10.1. The molecule has 0 heterocycles. The van der Waals surface area contributed by atoms with Crippen LogP contribution >= 0.6 is 0 Å². The summed E-state index contributed by atoms with van der Waals surface area (Å²) in [7, 11) is -6.83. The Balaban J connectivity index is 2.34. The van der Waals surface area contributed by atoms with Gasteiger partial charge in [-0.2, -0.15) is 0 Å². The maximum atomic E-state index is 12.4. The van der Waals surface area contributed by atoms with Crippen LogP contribution in [0.2, 0.25) is 0 Å². The Morgan fingerprint density at radius 1 is 0.773 bits per heavy atom. The first-order chi connectivity index (χ1) is 10.1. The number of sulfone groups is 2. The average Bonchev–Trinajstić information content (AvgIpc) is 2.36. The fourth-order valence-electron chi connectivity index (χ4n) is 2.35. The Morgan fingerprint density at radius 2 is 1.23 bits per heavy atom. The van der Waals surface area contributed by atoms with Crippen LogP contribution in [-0.4, -0.2) is 23.1 Å². The molecule has 118 valence electrons. The molecule has 0 saturated heterocycles. The van der Waals surface area contributed by atoms with Gasteiger partial charge in [-0.3, -0.25) is 0 Å². The van der Waals surface area contributed by atoms with E-state index in [0.29, 0.717) is 0 Å². The number of aryl methyl sites for hydroxylation is 2. The summed E-state index contributed by atoms with van der Waals surface area (Å²) in [4.78, 5) is 0.233. The number of rotatable bonds is 4. The molecule has 22 heavy (non-hydrogen) atoms. The second kappa shape index (κ2) is 5.85. The van der Waals surface area contributed by atoms with Crippen molar-refractivity contribution in [3.05, 3.63) is 59.2 Å². The van der Waals surface area contributed by atoms with Crippen LogP contribution in [0.3, 0.4) is 0 Å². The first-order valence-electron chi connectivity index (χ1n) is 6.68. The Labute approximate surface area is 131 Å². The lowest BCUT2D eigenvalue weighted by Crippen LogP contribution is -2.06. The normalized spacial score (nSPS) is 12.3. The van der Waals surface area contributed by atoms with Crippen LogP contribution in [0.15, 0.2) is 52.3 Å². The van der Waals surface area contributed by atoms with Gasteiger partial charge in [-0.15, -0.1) is 0 Å². The van der Waals surface area contributed by atoms with Gasteiger partial charge in [0.1, 0.15) is 0 Å². The van der Waals surface area contributed by atoms with E-state index < -0.39 is 19.7 Å². The molecule has 0 fully saturated rings. The Morgan fingerprint density at radius 3 is 1.68 bits per heavy atom. The van der Waals surface area contributed by atoms with Crippen LogP contribution < -0.4 is 0 Å². The summed E-state index contributed by atoms with van der Waals surface area (Å²) in [6, 6.07) is 11.0. The van der Waals surface area contributed by atoms with Gasteiger partial charge in [0.2, 0.25) is 0 Å². The lowest BCUT2D eigenvalue weighted by Gasteiger charge is -2.08. The van der Waals surface area contributed by atoms with Crippen LogP contribution in [0.25, 0.3) is 0 Å². The average molecular weight is 338 g/mol. The van der Waals surface area contributed by atoms with Gasteiger partial charge in [-0.25, -0.2) is 16.8 Å². The second-order valence-electron chi connectivity index (χ2n) is 5.50. The summed E-state index contributed by atoms with van der Waals surface area (Å²) < 4.78 is 47.7. The summed E-state index contributed by atoms with van der Waals surface area (Å²) in [5.74, 6) is -0.103. The standard InChI is InChI=1S/C16H18O4S2/c1-12-8-13(2)10-14(9-12)11-22(19,20)16-6-4-15(5-7-16)21(3,17)18/h4-10H,11H2,1-3H3. The molecule has 2 aromatic rings.